The zero-order valence-corrected chi connectivity index (χ0v) is 19.0. The van der Waals surface area contributed by atoms with Crippen LogP contribution in [-0.2, 0) is 9.59 Å². The Balaban J connectivity index is 2.04. The predicted molar refractivity (Wildman–Crippen MR) is 124 cm³/mol. The van der Waals surface area contributed by atoms with Crippen molar-refractivity contribution >= 4 is 23.7 Å². The highest BCUT2D eigenvalue weighted by Gasteiger charge is 2.22. The molecule has 0 unspecified atom stereocenters. The number of nitrogens with zero attached hydrogens (tertiary/aromatic N) is 3. The molecule has 0 aliphatic rings. The van der Waals surface area contributed by atoms with Gasteiger partial charge in [0.2, 0.25) is 11.8 Å². The summed E-state index contributed by atoms with van der Waals surface area (Å²) in [5, 5.41) is 6.49. The van der Waals surface area contributed by atoms with Crippen molar-refractivity contribution in [2.24, 2.45) is 0 Å². The number of nitrogens with one attached hydrogen (secondary N) is 1. The smallest absolute Gasteiger partial charge is 0.247 e. The van der Waals surface area contributed by atoms with Crippen molar-refractivity contribution in [2.75, 3.05) is 31.5 Å². The molecule has 0 fully saturated rings. The highest BCUT2D eigenvalue weighted by atomic mass is 16.5. The summed E-state index contributed by atoms with van der Waals surface area (Å²) in [6.45, 7) is 11.0. The molecule has 1 aromatic heterocycles. The lowest BCUT2D eigenvalue weighted by Crippen LogP contribution is -2.43. The topological polar surface area (TPSA) is 78.7 Å². The third-order valence-corrected chi connectivity index (χ3v) is 5.23. The fraction of sp³-hybridized carbons (Fsp3) is 0.458. The average molecular weight is 427 g/mol. The molecular formula is C24H34N4O3. The van der Waals surface area contributed by atoms with E-state index in [9.17, 15) is 9.59 Å². The predicted octanol–water partition coefficient (Wildman–Crippen LogP) is 3.97. The van der Waals surface area contributed by atoms with Crippen LogP contribution in [0.25, 0.3) is 6.08 Å². The summed E-state index contributed by atoms with van der Waals surface area (Å²) in [7, 11) is 0. The molecule has 2 rings (SSSR count). The fourth-order valence-corrected chi connectivity index (χ4v) is 3.35. The van der Waals surface area contributed by atoms with Gasteiger partial charge in [0.25, 0.3) is 0 Å². The minimum absolute atomic E-state index is 0.0453. The van der Waals surface area contributed by atoms with Crippen LogP contribution in [0.1, 0.15) is 44.9 Å². The molecule has 7 heteroatoms. The Morgan fingerprint density at radius 1 is 1.19 bits per heavy atom. The number of anilines is 1. The van der Waals surface area contributed by atoms with E-state index >= 15 is 0 Å². The van der Waals surface area contributed by atoms with Crippen molar-refractivity contribution in [1.82, 2.24) is 15.0 Å². The summed E-state index contributed by atoms with van der Waals surface area (Å²) < 4.78 is 4.99. The van der Waals surface area contributed by atoms with E-state index < -0.39 is 0 Å². The van der Waals surface area contributed by atoms with E-state index in [0.717, 1.165) is 38.0 Å². The van der Waals surface area contributed by atoms with E-state index in [2.05, 4.69) is 29.2 Å². The van der Waals surface area contributed by atoms with Gasteiger partial charge in [-0.25, -0.2) is 0 Å². The van der Waals surface area contributed by atoms with Crippen LogP contribution in [0.3, 0.4) is 0 Å². The van der Waals surface area contributed by atoms with Gasteiger partial charge >= 0.3 is 0 Å². The quantitative estimate of drug-likeness (QED) is 0.520. The number of carbonyl (C=O) groups excluding carboxylic acids is 2. The first-order valence-electron chi connectivity index (χ1n) is 10.9. The van der Waals surface area contributed by atoms with E-state index in [1.54, 1.807) is 24.0 Å². The summed E-state index contributed by atoms with van der Waals surface area (Å²) in [6, 6.07) is 11.2. The van der Waals surface area contributed by atoms with E-state index in [-0.39, 0.29) is 24.4 Å². The summed E-state index contributed by atoms with van der Waals surface area (Å²) in [5.74, 6) is 0.471. The van der Waals surface area contributed by atoms with Crippen molar-refractivity contribution in [3.8, 4) is 0 Å². The molecule has 31 heavy (non-hydrogen) atoms. The maximum atomic E-state index is 13.0. The van der Waals surface area contributed by atoms with Crippen molar-refractivity contribution in [2.45, 2.75) is 46.6 Å². The minimum Gasteiger partial charge on any atom is -0.360 e. The minimum atomic E-state index is -0.301. The average Bonchev–Trinajstić information content (AvgIpc) is 3.18. The van der Waals surface area contributed by atoms with Crippen LogP contribution in [0.15, 0.2) is 47.0 Å². The maximum absolute atomic E-state index is 13.0. The van der Waals surface area contributed by atoms with Gasteiger partial charge in [0.1, 0.15) is 12.3 Å². The second-order valence-electron chi connectivity index (χ2n) is 7.60. The molecule has 0 saturated heterocycles. The maximum Gasteiger partial charge on any atom is 0.247 e. The van der Waals surface area contributed by atoms with Crippen molar-refractivity contribution < 1.29 is 14.1 Å². The summed E-state index contributed by atoms with van der Waals surface area (Å²) in [4.78, 5) is 29.5. The van der Waals surface area contributed by atoms with Crippen LogP contribution in [-0.4, -0.2) is 59.0 Å². The Bertz CT molecular complexity index is 844. The Labute approximate surface area is 185 Å². The van der Waals surface area contributed by atoms with Gasteiger partial charge in [-0.3, -0.25) is 9.59 Å². The number of amides is 2. The lowest BCUT2D eigenvalue weighted by Gasteiger charge is -2.28. The number of aryl methyl sites for hydroxylation is 1. The van der Waals surface area contributed by atoms with E-state index in [1.165, 1.54) is 6.08 Å². The molecule has 0 saturated carbocycles. The number of hydrogen-bond donors (Lipinski definition) is 1. The molecule has 0 aliphatic heterocycles. The Morgan fingerprint density at radius 3 is 2.52 bits per heavy atom. The monoisotopic (exact) mass is 426 g/mol. The van der Waals surface area contributed by atoms with Crippen LogP contribution in [0.2, 0.25) is 0 Å². The molecular weight excluding hydrogens is 392 g/mol. The zero-order valence-electron chi connectivity index (χ0n) is 19.0. The first kappa shape index (κ1) is 24.3. The third kappa shape index (κ3) is 8.38. The molecule has 1 N–H and O–H groups in total. The Kier molecular flexibility index (Phi) is 9.97. The molecule has 2 amide bonds. The number of aromatic nitrogens is 1. The number of benzene rings is 1. The standard InChI is InChI=1S/C24H34N4O3/c1-5-27(6-2)16-10-11-19(3)28(18-23(29)25-22-17-20(4)31-26-22)24(30)15-14-21-12-8-7-9-13-21/h7-9,12-15,17,19H,5-6,10-11,16,18H2,1-4H3,(H,25,26,29)/b15-14+/t19-/m1/s1. The third-order valence-electron chi connectivity index (χ3n) is 5.23. The highest BCUT2D eigenvalue weighted by Crippen LogP contribution is 2.12. The molecule has 0 aliphatic carbocycles. The van der Waals surface area contributed by atoms with Crippen molar-refractivity contribution in [3.63, 3.8) is 0 Å². The van der Waals surface area contributed by atoms with E-state index in [4.69, 9.17) is 4.52 Å². The van der Waals surface area contributed by atoms with Crippen LogP contribution in [0.4, 0.5) is 5.82 Å². The molecule has 1 aromatic carbocycles. The lowest BCUT2D eigenvalue weighted by molar-refractivity contribution is -0.132. The number of hydrogen-bond acceptors (Lipinski definition) is 5. The summed E-state index contributed by atoms with van der Waals surface area (Å²) in [5.41, 5.74) is 0.938. The van der Waals surface area contributed by atoms with Gasteiger partial charge < -0.3 is 19.6 Å². The summed E-state index contributed by atoms with van der Waals surface area (Å²) >= 11 is 0. The normalized spacial score (nSPS) is 12.3. The van der Waals surface area contributed by atoms with Crippen LogP contribution in [0.5, 0.6) is 0 Å². The van der Waals surface area contributed by atoms with Crippen LogP contribution >= 0.6 is 0 Å². The molecule has 0 bridgehead atoms. The van der Waals surface area contributed by atoms with E-state index in [0.29, 0.717) is 11.6 Å². The number of carbonyl (C=O) groups is 2. The first-order valence-corrected chi connectivity index (χ1v) is 10.9. The molecule has 1 heterocycles. The zero-order chi connectivity index (χ0) is 22.6. The second kappa shape index (κ2) is 12.7. The largest absolute Gasteiger partial charge is 0.360 e. The van der Waals surface area contributed by atoms with Gasteiger partial charge in [-0.05, 0) is 58.0 Å². The molecule has 168 valence electrons. The Morgan fingerprint density at radius 2 is 1.90 bits per heavy atom. The molecule has 0 spiro atoms. The van der Waals surface area contributed by atoms with Gasteiger partial charge in [0.05, 0.1) is 0 Å². The van der Waals surface area contributed by atoms with Gasteiger partial charge in [-0.2, -0.15) is 0 Å². The van der Waals surface area contributed by atoms with E-state index in [1.807, 2.05) is 37.3 Å². The second-order valence-corrected chi connectivity index (χ2v) is 7.60. The van der Waals surface area contributed by atoms with Gasteiger partial charge in [-0.1, -0.05) is 49.3 Å². The lowest BCUT2D eigenvalue weighted by atomic mass is 10.1. The van der Waals surface area contributed by atoms with Crippen LogP contribution < -0.4 is 5.32 Å². The molecule has 7 nitrogen and oxygen atoms in total. The SMILES string of the molecule is CCN(CC)CCC[C@@H](C)N(CC(=O)Nc1cc(C)on1)C(=O)/C=C/c1ccccc1. The first-order chi connectivity index (χ1) is 14.9. The number of rotatable bonds is 12. The molecule has 2 aromatic rings. The van der Waals surface area contributed by atoms with Gasteiger partial charge in [0.15, 0.2) is 5.82 Å². The highest BCUT2D eigenvalue weighted by molar-refractivity contribution is 5.97. The van der Waals surface area contributed by atoms with Gasteiger partial charge in [-0.15, -0.1) is 0 Å². The molecule has 0 radical (unpaired) electrons. The van der Waals surface area contributed by atoms with Gasteiger partial charge in [0, 0.05) is 18.2 Å². The molecule has 1 atom stereocenters. The fourth-order valence-electron chi connectivity index (χ4n) is 3.35. The van der Waals surface area contributed by atoms with Crippen molar-refractivity contribution in [3.05, 3.63) is 53.8 Å². The summed E-state index contributed by atoms with van der Waals surface area (Å²) in [6.07, 6.45) is 5.08. The van der Waals surface area contributed by atoms with Crippen molar-refractivity contribution in [1.29, 1.82) is 0 Å². The van der Waals surface area contributed by atoms with Crippen LogP contribution in [0, 0.1) is 6.92 Å². The Hall–Kier alpha value is -2.93.